The Morgan fingerprint density at radius 1 is 0.232 bits per heavy atom. The molecular formula is C122H66Ir2N6O8. The van der Waals surface area contributed by atoms with Gasteiger partial charge in [-0.25, -0.2) is 9.59 Å². The van der Waals surface area contributed by atoms with Gasteiger partial charge in [0.1, 0.15) is 22.3 Å². The van der Waals surface area contributed by atoms with E-state index in [2.05, 4.69) is 156 Å². The fourth-order valence-electron chi connectivity index (χ4n) is 18.6. The smallest absolute Gasteiger partial charge is 0.501 e. The van der Waals surface area contributed by atoms with Crippen molar-refractivity contribution in [2.24, 2.45) is 0 Å². The Kier molecular flexibility index (Phi) is 22.1. The van der Waals surface area contributed by atoms with Crippen molar-refractivity contribution in [3.63, 3.8) is 0 Å². The van der Waals surface area contributed by atoms with E-state index in [1.807, 2.05) is 249 Å². The molecule has 9 heterocycles. The van der Waals surface area contributed by atoms with Crippen LogP contribution in [-0.4, -0.2) is 41.8 Å². The van der Waals surface area contributed by atoms with Crippen molar-refractivity contribution in [1.82, 2.24) is 29.9 Å². The van der Waals surface area contributed by atoms with Crippen molar-refractivity contribution in [2.75, 3.05) is 0 Å². The van der Waals surface area contributed by atoms with Gasteiger partial charge in [-0.2, -0.15) is 0 Å². The number of pyridine rings is 4. The Balaban J connectivity index is 0.00000533. The van der Waals surface area contributed by atoms with Gasteiger partial charge in [0.25, 0.3) is 0 Å². The Hall–Kier alpha value is -17.4. The summed E-state index contributed by atoms with van der Waals surface area (Å²) in [6.07, 6.45) is 8.95. The summed E-state index contributed by atoms with van der Waals surface area (Å²) in [5.41, 5.74) is 28.4. The second-order valence-corrected chi connectivity index (χ2v) is 33.2. The van der Waals surface area contributed by atoms with Gasteiger partial charge >= 0.3 is 52.1 Å². The third-order valence-electron chi connectivity index (χ3n) is 25.2. The molecule has 9 aromatic heterocycles. The molecule has 0 fully saturated rings. The number of esters is 2. The molecule has 0 spiro atoms. The average molecular weight is 2130 g/mol. The molecule has 0 atom stereocenters. The molecule has 0 saturated carbocycles. The van der Waals surface area contributed by atoms with Gasteiger partial charge in [0.2, 0.25) is 0 Å². The van der Waals surface area contributed by atoms with Crippen LogP contribution in [0.15, 0.2) is 419 Å². The fraction of sp³-hybridized carbons (Fsp3) is 0. The number of fused-ring (bicyclic) bond motifs is 12. The molecule has 650 valence electrons. The maximum atomic E-state index is 15.1. The predicted octanol–water partition coefficient (Wildman–Crippen LogP) is 30.2. The molecule has 25 rings (SSSR count). The van der Waals surface area contributed by atoms with E-state index in [0.717, 1.165) is 199 Å². The van der Waals surface area contributed by atoms with Crippen molar-refractivity contribution in [3.05, 3.63) is 449 Å². The summed E-state index contributed by atoms with van der Waals surface area (Å²) in [5, 5.41) is 8.06. The first-order valence-corrected chi connectivity index (χ1v) is 44.3. The number of nitrogens with zero attached hydrogens (tertiary/aromatic N) is 6. The summed E-state index contributed by atoms with van der Waals surface area (Å²) in [4.78, 5) is 59.7. The van der Waals surface area contributed by atoms with Crippen molar-refractivity contribution >= 4 is 99.7 Å². The molecule has 0 aliphatic heterocycles. The van der Waals surface area contributed by atoms with E-state index < -0.39 is 11.9 Å². The van der Waals surface area contributed by atoms with Crippen LogP contribution in [-0.2, 0) is 40.2 Å². The molecule has 0 bridgehead atoms. The Morgan fingerprint density at radius 2 is 0.493 bits per heavy atom. The van der Waals surface area contributed by atoms with Crippen LogP contribution in [0.2, 0.25) is 0 Å². The average Bonchev–Trinajstić information content (AvgIpc) is 1.58. The van der Waals surface area contributed by atoms with E-state index in [1.165, 1.54) is 6.33 Å². The zero-order chi connectivity index (χ0) is 90.3. The molecule has 0 unspecified atom stereocenters. The number of ether oxygens (including phenoxy) is 2. The monoisotopic (exact) mass is 2130 g/mol. The van der Waals surface area contributed by atoms with E-state index in [9.17, 15) is 0 Å². The van der Waals surface area contributed by atoms with Crippen LogP contribution in [0.1, 0.15) is 20.7 Å². The molecule has 16 heteroatoms. The molecule has 0 amide bonds. The number of hydrogen-bond acceptors (Lipinski definition) is 14. The molecule has 25 aromatic rings. The maximum Gasteiger partial charge on any atom is 3.00 e. The molecule has 0 radical (unpaired) electrons. The first-order valence-electron chi connectivity index (χ1n) is 44.3. The zero-order valence-electron chi connectivity index (χ0n) is 72.7. The third kappa shape index (κ3) is 15.6. The number of benzene rings is 16. The molecule has 0 N–H and O–H groups in total. The summed E-state index contributed by atoms with van der Waals surface area (Å²) in [5.74, 6) is -0.659. The minimum Gasteiger partial charge on any atom is -0.501 e. The van der Waals surface area contributed by atoms with Gasteiger partial charge in [-0.1, -0.05) is 268 Å². The molecule has 0 saturated heterocycles. The van der Waals surface area contributed by atoms with E-state index in [4.69, 9.17) is 47.1 Å². The predicted molar refractivity (Wildman–Crippen MR) is 534 cm³/mol. The summed E-state index contributed by atoms with van der Waals surface area (Å²) in [7, 11) is 0. The molecular weight excluding hydrogens is 2060 g/mol. The standard InChI is InChI=1S/C122H66N6O8.2Ir/c129-121(83-63-79(91-25-5-1-21-87(91)75-49-57-107(123-68-75)103-37-17-33-99-95-29-9-13-41-113(95)133-117(99)103)61-80(64-83)92-26-6-2-22-88(92)76-50-58-108(124-69-76)104-38-18-34-100-96-30-10-14-42-114(96)134-118(100)104)131-85-53-45-73(46-54-85)111-67-112(128-72-127-111)74-47-55-86(56-48-74)132-122(130)84-65-81(93-27-7-3-23-89(93)77-51-59-109(125-70-77)105-39-19-35-101-97-31-11-15-43-115(97)135-119(101)105)62-82(66-84)94-28-8-4-24-90(94)78-52-60-110(126-71-78)106-40-20-36-102-98-32-12-16-44-116(98)136-120(102)106;;/h1-36,41-45,47,49-72H;;/q-6;2*+3. The van der Waals surface area contributed by atoms with E-state index >= 15 is 9.59 Å². The number of hydrogen-bond donors (Lipinski definition) is 0. The summed E-state index contributed by atoms with van der Waals surface area (Å²) in [6, 6.07) is 140. The van der Waals surface area contributed by atoms with Crippen LogP contribution in [0.25, 0.3) is 244 Å². The maximum absolute atomic E-state index is 15.1. The second kappa shape index (κ2) is 35.9. The number of furan rings is 4. The van der Waals surface area contributed by atoms with Gasteiger partial charge < -0.3 is 47.1 Å². The SMILES string of the molecule is O=C(Oc1c[c-]c(-c2cc(-c3[c-]cc(OC(=O)c4cc(-c5ccccc5-c5ccc(-c6[c-]ccc7c6oc6ccccc67)nc5)cc(-c5ccccc5-c5ccc(-c6[c-]ccc7c6oc6ccccc67)nc5)c4)cc3)ncn2)cc1)c1cc(-c2ccccc2-c2ccc(-c3[c-]ccc4c3oc3ccccc34)nc2)cc(-c2ccccc2-c2ccc(-c3[c-]ccc4c3oc3ccccc34)nc2)c1.[Ir+3].[Ir+3]. The third-order valence-corrected chi connectivity index (χ3v) is 25.2. The van der Waals surface area contributed by atoms with Crippen molar-refractivity contribution in [1.29, 1.82) is 0 Å². The van der Waals surface area contributed by atoms with Gasteiger partial charge in [-0.05, 0) is 184 Å². The van der Waals surface area contributed by atoms with Crippen LogP contribution in [0.4, 0.5) is 0 Å². The van der Waals surface area contributed by atoms with Crippen molar-refractivity contribution < 1.29 is 76.9 Å². The van der Waals surface area contributed by atoms with Gasteiger partial charge in [0, 0.05) is 57.8 Å². The minimum absolute atomic E-state index is 0. The Labute approximate surface area is 817 Å². The van der Waals surface area contributed by atoms with Crippen LogP contribution in [0.5, 0.6) is 11.5 Å². The topological polar surface area (TPSA) is 182 Å². The molecule has 14 nitrogen and oxygen atoms in total. The first-order chi connectivity index (χ1) is 67.2. The van der Waals surface area contributed by atoms with Gasteiger partial charge in [0.15, 0.2) is 0 Å². The summed E-state index contributed by atoms with van der Waals surface area (Å²) >= 11 is 0. The normalized spacial score (nSPS) is 11.4. The largest absolute Gasteiger partial charge is 3.00 e. The Morgan fingerprint density at radius 3 is 0.746 bits per heavy atom. The summed E-state index contributed by atoms with van der Waals surface area (Å²) in [6.45, 7) is 0. The van der Waals surface area contributed by atoms with Crippen LogP contribution < -0.4 is 9.47 Å². The molecule has 16 aromatic carbocycles. The van der Waals surface area contributed by atoms with Crippen LogP contribution in [0, 0.1) is 36.4 Å². The number of rotatable bonds is 18. The minimum atomic E-state index is -0.589. The number of carbonyl (C=O) groups is 2. The van der Waals surface area contributed by atoms with Crippen molar-refractivity contribution in [3.8, 4) is 168 Å². The first kappa shape index (κ1) is 84.9. The molecule has 0 aliphatic carbocycles. The zero-order valence-corrected chi connectivity index (χ0v) is 77.5. The van der Waals surface area contributed by atoms with Gasteiger partial charge in [0.05, 0.1) is 39.8 Å². The fourth-order valence-corrected chi connectivity index (χ4v) is 18.6. The van der Waals surface area contributed by atoms with E-state index in [-0.39, 0.29) is 51.7 Å². The number of aromatic nitrogens is 6. The Bertz CT molecular complexity index is 8130. The van der Waals surface area contributed by atoms with Gasteiger partial charge in [-0.3, -0.25) is 9.97 Å². The molecule has 0 aliphatic rings. The number of para-hydroxylation sites is 4. The quantitative estimate of drug-likeness (QED) is 0.0449. The second-order valence-electron chi connectivity index (χ2n) is 33.2. The van der Waals surface area contributed by atoms with E-state index in [0.29, 0.717) is 56.4 Å². The van der Waals surface area contributed by atoms with Crippen LogP contribution in [0.3, 0.4) is 0 Å². The summed E-state index contributed by atoms with van der Waals surface area (Å²) < 4.78 is 38.3. The van der Waals surface area contributed by atoms with Gasteiger partial charge in [-0.15, -0.1) is 132 Å². The molecule has 138 heavy (non-hydrogen) atoms. The number of carbonyl (C=O) groups excluding carboxylic acids is 2. The van der Waals surface area contributed by atoms with Crippen molar-refractivity contribution in [2.45, 2.75) is 0 Å². The van der Waals surface area contributed by atoms with Crippen LogP contribution >= 0.6 is 0 Å². The van der Waals surface area contributed by atoms with E-state index in [1.54, 1.807) is 36.4 Å².